The van der Waals surface area contributed by atoms with Crippen LogP contribution in [-0.4, -0.2) is 33.6 Å². The van der Waals surface area contributed by atoms with Gasteiger partial charge >= 0.3 is 0 Å². The molecule has 0 amide bonds. The van der Waals surface area contributed by atoms with Crippen molar-refractivity contribution in [3.05, 3.63) is 35.5 Å². The molecule has 0 aliphatic heterocycles. The Balaban J connectivity index is 1.92. The zero-order valence-corrected chi connectivity index (χ0v) is 18.4. The first kappa shape index (κ1) is 21.8. The molecule has 0 spiro atoms. The van der Waals surface area contributed by atoms with E-state index in [9.17, 15) is 15.3 Å². The van der Waals surface area contributed by atoms with Crippen LogP contribution >= 0.6 is 0 Å². The smallest absolute Gasteiger partial charge is 0.0770 e. The third-order valence-electron chi connectivity index (χ3n) is 8.26. The molecule has 0 unspecified atom stereocenters. The Morgan fingerprint density at radius 3 is 2.71 bits per heavy atom. The van der Waals surface area contributed by atoms with E-state index in [1.165, 1.54) is 12.0 Å². The van der Waals surface area contributed by atoms with Crippen molar-refractivity contribution < 1.29 is 15.3 Å². The topological polar surface area (TPSA) is 60.7 Å². The van der Waals surface area contributed by atoms with Crippen molar-refractivity contribution in [1.82, 2.24) is 0 Å². The summed E-state index contributed by atoms with van der Waals surface area (Å²) in [5, 5.41) is 32.4. The number of aliphatic hydroxyl groups excluding tert-OH is 2. The zero-order valence-electron chi connectivity index (χ0n) is 18.4. The van der Waals surface area contributed by atoms with Crippen molar-refractivity contribution in [1.29, 1.82) is 0 Å². The number of rotatable bonds is 4. The maximum absolute atomic E-state index is 11.8. The summed E-state index contributed by atoms with van der Waals surface area (Å²) in [4.78, 5) is 0. The number of fused-ring (bicyclic) bond motifs is 2. The van der Waals surface area contributed by atoms with Gasteiger partial charge in [-0.25, -0.2) is 0 Å². The molecule has 0 saturated heterocycles. The van der Waals surface area contributed by atoms with E-state index in [-0.39, 0.29) is 23.9 Å². The Kier molecular flexibility index (Phi) is 6.29. The molecule has 3 nitrogen and oxygen atoms in total. The molecule has 2 fully saturated rings. The summed E-state index contributed by atoms with van der Waals surface area (Å²) < 4.78 is 0. The van der Waals surface area contributed by atoms with Gasteiger partial charge in [-0.3, -0.25) is 0 Å². The molecule has 0 aromatic rings. The Labute approximate surface area is 171 Å². The highest BCUT2D eigenvalue weighted by Crippen LogP contribution is 2.60. The van der Waals surface area contributed by atoms with Gasteiger partial charge < -0.3 is 15.3 Å². The van der Waals surface area contributed by atoms with Crippen molar-refractivity contribution in [2.45, 2.75) is 78.4 Å². The first-order chi connectivity index (χ1) is 13.1. The monoisotopic (exact) mass is 388 g/mol. The Morgan fingerprint density at radius 2 is 2.07 bits per heavy atom. The van der Waals surface area contributed by atoms with Crippen LogP contribution in [0.4, 0.5) is 0 Å². The van der Waals surface area contributed by atoms with E-state index in [1.807, 2.05) is 0 Å². The Morgan fingerprint density at radius 1 is 1.36 bits per heavy atom. The number of hydrogen-bond donors (Lipinski definition) is 3. The molecule has 3 rings (SSSR count). The van der Waals surface area contributed by atoms with E-state index >= 15 is 0 Å². The molecule has 0 heterocycles. The molecule has 3 heteroatoms. The summed E-state index contributed by atoms with van der Waals surface area (Å²) >= 11 is 0. The second-order valence-electron chi connectivity index (χ2n) is 10.5. The third-order valence-corrected chi connectivity index (χ3v) is 8.26. The summed E-state index contributed by atoms with van der Waals surface area (Å²) in [7, 11) is 0. The standard InChI is InChI=1S/C25H40O3/c1-16(2)7-6-8-17(3)20-11-12-24(5)15-25(28)18(4)13-22(27)23(25)19(14-26)9-10-21(20)24/h6-9,17-18,20-23,26-28H,10-15H2,1-5H3/b8-6-,19-9-/t17-,18+,20+,21-,22+,23-,24+,25+/m0/s1. The lowest BCUT2D eigenvalue weighted by atomic mass is 9.61. The largest absolute Gasteiger partial charge is 0.392 e. The normalized spacial score (nSPS) is 46.3. The van der Waals surface area contributed by atoms with Crippen LogP contribution in [-0.2, 0) is 0 Å². The van der Waals surface area contributed by atoms with Gasteiger partial charge in [0, 0.05) is 5.92 Å². The molecule has 0 bridgehead atoms. The Bertz CT molecular complexity index is 659. The van der Waals surface area contributed by atoms with Gasteiger partial charge in [-0.1, -0.05) is 50.6 Å². The van der Waals surface area contributed by atoms with Crippen LogP contribution < -0.4 is 0 Å². The van der Waals surface area contributed by atoms with Gasteiger partial charge in [0.25, 0.3) is 0 Å². The van der Waals surface area contributed by atoms with E-state index in [0.717, 1.165) is 24.8 Å². The minimum atomic E-state index is -0.919. The summed E-state index contributed by atoms with van der Waals surface area (Å²) in [6, 6.07) is 0. The lowest BCUT2D eigenvalue weighted by molar-refractivity contribution is -0.0828. The SMILES string of the molecule is CC(C)=C/C=C\[C@H](C)[C@H]1CC[C@]2(C)C[C@@]3(O)[C@H](C)C[C@@H](O)[C@@H]3/C(CO)=C\C[C@@H]12. The molecular weight excluding hydrogens is 348 g/mol. The van der Waals surface area contributed by atoms with Crippen LogP contribution in [0.3, 0.4) is 0 Å². The average Bonchev–Trinajstić information content (AvgIpc) is 3.01. The van der Waals surface area contributed by atoms with Crippen LogP contribution in [0.15, 0.2) is 35.5 Å². The highest BCUT2D eigenvalue weighted by Gasteiger charge is 2.59. The molecule has 0 aromatic heterocycles. The maximum atomic E-state index is 11.8. The zero-order chi connectivity index (χ0) is 20.7. The van der Waals surface area contributed by atoms with E-state index < -0.39 is 11.7 Å². The molecule has 3 aliphatic rings. The van der Waals surface area contributed by atoms with Crippen LogP contribution in [0.2, 0.25) is 0 Å². The minimum Gasteiger partial charge on any atom is -0.392 e. The average molecular weight is 389 g/mol. The molecule has 0 aromatic carbocycles. The number of allylic oxidation sites excluding steroid dienone is 5. The molecule has 8 atom stereocenters. The first-order valence-electron chi connectivity index (χ1n) is 11.1. The maximum Gasteiger partial charge on any atom is 0.0770 e. The van der Waals surface area contributed by atoms with Gasteiger partial charge in [0.15, 0.2) is 0 Å². The van der Waals surface area contributed by atoms with Crippen molar-refractivity contribution in [3.8, 4) is 0 Å². The van der Waals surface area contributed by atoms with Crippen molar-refractivity contribution in [2.24, 2.45) is 35.0 Å². The van der Waals surface area contributed by atoms with Gasteiger partial charge in [0.1, 0.15) is 0 Å². The molecule has 158 valence electrons. The lowest BCUT2D eigenvalue weighted by Crippen LogP contribution is -2.48. The van der Waals surface area contributed by atoms with Gasteiger partial charge in [-0.05, 0) is 80.6 Å². The highest BCUT2D eigenvalue weighted by molar-refractivity contribution is 5.24. The van der Waals surface area contributed by atoms with E-state index in [2.05, 4.69) is 58.9 Å². The molecular formula is C25H40O3. The van der Waals surface area contributed by atoms with Gasteiger partial charge in [0.2, 0.25) is 0 Å². The third kappa shape index (κ3) is 3.78. The predicted molar refractivity (Wildman–Crippen MR) is 115 cm³/mol. The van der Waals surface area contributed by atoms with Gasteiger partial charge in [0.05, 0.1) is 18.3 Å². The second-order valence-corrected chi connectivity index (χ2v) is 10.5. The quantitative estimate of drug-likeness (QED) is 0.486. The fourth-order valence-electron chi connectivity index (χ4n) is 6.68. The number of hydrogen-bond acceptors (Lipinski definition) is 3. The van der Waals surface area contributed by atoms with E-state index in [4.69, 9.17) is 0 Å². The molecule has 0 radical (unpaired) electrons. The minimum absolute atomic E-state index is 0.0482. The number of aliphatic hydroxyl groups is 3. The molecule has 3 aliphatic carbocycles. The molecule has 3 N–H and O–H groups in total. The van der Waals surface area contributed by atoms with E-state index in [1.54, 1.807) is 0 Å². The summed E-state index contributed by atoms with van der Waals surface area (Å²) in [6.45, 7) is 10.9. The van der Waals surface area contributed by atoms with Crippen molar-refractivity contribution >= 4 is 0 Å². The predicted octanol–water partition coefficient (Wildman–Crippen LogP) is 4.64. The van der Waals surface area contributed by atoms with Crippen molar-refractivity contribution in [3.63, 3.8) is 0 Å². The fourth-order valence-corrected chi connectivity index (χ4v) is 6.68. The summed E-state index contributed by atoms with van der Waals surface area (Å²) in [5.74, 6) is 1.30. The van der Waals surface area contributed by atoms with Gasteiger partial charge in [-0.15, -0.1) is 0 Å². The summed E-state index contributed by atoms with van der Waals surface area (Å²) in [6.07, 6.45) is 12.9. The van der Waals surface area contributed by atoms with Gasteiger partial charge in [-0.2, -0.15) is 0 Å². The molecule has 28 heavy (non-hydrogen) atoms. The van der Waals surface area contributed by atoms with E-state index in [0.29, 0.717) is 24.2 Å². The van der Waals surface area contributed by atoms with Crippen LogP contribution in [0.1, 0.15) is 66.7 Å². The lowest BCUT2D eigenvalue weighted by Gasteiger charge is -2.46. The summed E-state index contributed by atoms with van der Waals surface area (Å²) in [5.41, 5.74) is 1.31. The van der Waals surface area contributed by atoms with Crippen LogP contribution in [0.25, 0.3) is 0 Å². The first-order valence-corrected chi connectivity index (χ1v) is 11.1. The van der Waals surface area contributed by atoms with Crippen molar-refractivity contribution in [2.75, 3.05) is 6.61 Å². The Hall–Kier alpha value is -0.900. The van der Waals surface area contributed by atoms with Crippen LogP contribution in [0, 0.1) is 35.0 Å². The molecule has 2 saturated carbocycles. The van der Waals surface area contributed by atoms with Crippen LogP contribution in [0.5, 0.6) is 0 Å². The highest BCUT2D eigenvalue weighted by atomic mass is 16.3. The second kappa shape index (κ2) is 8.08. The fraction of sp³-hybridized carbons (Fsp3) is 0.760.